The molecule has 7 aromatic rings. The van der Waals surface area contributed by atoms with Gasteiger partial charge in [-0.25, -0.2) is 9.37 Å². The van der Waals surface area contributed by atoms with Gasteiger partial charge in [0.1, 0.15) is 5.82 Å². The summed E-state index contributed by atoms with van der Waals surface area (Å²) in [5.74, 6) is -0.298. The van der Waals surface area contributed by atoms with Crippen LogP contribution in [0.3, 0.4) is 0 Å². The van der Waals surface area contributed by atoms with Crippen molar-refractivity contribution in [2.75, 3.05) is 0 Å². The van der Waals surface area contributed by atoms with E-state index in [1.54, 1.807) is 12.1 Å². The minimum absolute atomic E-state index is 0.298. The lowest BCUT2D eigenvalue weighted by atomic mass is 9.95. The fourth-order valence-corrected chi connectivity index (χ4v) is 8.47. The van der Waals surface area contributed by atoms with Crippen molar-refractivity contribution in [3.63, 3.8) is 0 Å². The zero-order valence-electron chi connectivity index (χ0n) is 21.0. The first-order valence-corrected chi connectivity index (χ1v) is 14.6. The van der Waals surface area contributed by atoms with E-state index >= 15 is 4.57 Å². The van der Waals surface area contributed by atoms with Crippen LogP contribution in [0.25, 0.3) is 43.7 Å². The highest BCUT2D eigenvalue weighted by molar-refractivity contribution is 7.85. The number of fused-ring (bicyclic) bond motifs is 5. The smallest absolute Gasteiger partial charge is 0.171 e. The van der Waals surface area contributed by atoms with E-state index in [1.165, 1.54) is 12.1 Å². The highest BCUT2D eigenvalue weighted by Gasteiger charge is 2.32. The minimum atomic E-state index is -3.29. The van der Waals surface area contributed by atoms with Gasteiger partial charge >= 0.3 is 0 Å². The van der Waals surface area contributed by atoms with Gasteiger partial charge in [-0.1, -0.05) is 103 Å². The summed E-state index contributed by atoms with van der Waals surface area (Å²) < 4.78 is 29.5. The van der Waals surface area contributed by atoms with E-state index < -0.39 is 7.14 Å². The summed E-state index contributed by atoms with van der Waals surface area (Å²) in [6, 6.07) is 44.2. The zero-order valence-corrected chi connectivity index (χ0v) is 21.9. The third-order valence-electron chi connectivity index (χ3n) is 7.38. The lowest BCUT2D eigenvalue weighted by Crippen LogP contribution is -2.25. The van der Waals surface area contributed by atoms with Gasteiger partial charge in [-0.15, -0.1) is 0 Å². The highest BCUT2D eigenvalue weighted by Crippen LogP contribution is 2.47. The Hall–Kier alpha value is -4.59. The van der Waals surface area contributed by atoms with E-state index in [4.69, 9.17) is 4.98 Å². The second kappa shape index (κ2) is 9.31. The van der Waals surface area contributed by atoms with Crippen LogP contribution < -0.4 is 15.9 Å². The molecule has 0 saturated carbocycles. The predicted molar refractivity (Wildman–Crippen MR) is 162 cm³/mol. The molecule has 0 saturated heterocycles. The standard InChI is InChI=1S/C35H23FNOP/c36-25-21-19-24(20-22-25)35-31-23-33(39(38,26-11-3-1-4-12-26)27-13-5-2-6-14-27)28-15-7-8-16-29(28)34(31)30-17-9-10-18-32(30)37-35/h1-23H. The van der Waals surface area contributed by atoms with Crippen LogP contribution in [0.1, 0.15) is 0 Å². The Kier molecular flexibility index (Phi) is 5.61. The average molecular weight is 524 g/mol. The average Bonchev–Trinajstić information content (AvgIpc) is 3.01. The molecule has 39 heavy (non-hydrogen) atoms. The van der Waals surface area contributed by atoms with E-state index in [9.17, 15) is 4.39 Å². The van der Waals surface area contributed by atoms with Crippen LogP contribution in [0.15, 0.2) is 140 Å². The van der Waals surface area contributed by atoms with Crippen molar-refractivity contribution in [3.8, 4) is 11.3 Å². The minimum Gasteiger partial charge on any atom is -0.309 e. The second-order valence-corrected chi connectivity index (χ2v) is 12.4. The Morgan fingerprint density at radius 2 is 1.08 bits per heavy atom. The predicted octanol–water partition coefficient (Wildman–Crippen LogP) is 7.99. The molecule has 1 aromatic heterocycles. The number of nitrogens with zero attached hydrogens (tertiary/aromatic N) is 1. The first-order valence-electron chi connectivity index (χ1n) is 12.9. The van der Waals surface area contributed by atoms with Crippen LogP contribution >= 0.6 is 7.14 Å². The molecule has 6 aromatic carbocycles. The van der Waals surface area contributed by atoms with Crippen molar-refractivity contribution in [3.05, 3.63) is 145 Å². The summed E-state index contributed by atoms with van der Waals surface area (Å²) in [7, 11) is -3.29. The number of hydrogen-bond acceptors (Lipinski definition) is 2. The quantitative estimate of drug-likeness (QED) is 0.173. The SMILES string of the molecule is O=P(c1ccccc1)(c1ccccc1)c1cc2c(-c3ccc(F)cc3)nc3ccccc3c2c2ccccc12. The second-order valence-electron chi connectivity index (χ2n) is 9.63. The number of benzene rings is 6. The molecule has 0 N–H and O–H groups in total. The molecule has 1 heterocycles. The molecular weight excluding hydrogens is 500 g/mol. The van der Waals surface area contributed by atoms with Crippen LogP contribution in [-0.4, -0.2) is 4.98 Å². The fourth-order valence-electron chi connectivity index (χ4n) is 5.59. The molecule has 0 unspecified atom stereocenters. The summed E-state index contributed by atoms with van der Waals surface area (Å²) in [4.78, 5) is 5.07. The van der Waals surface area contributed by atoms with Crippen molar-refractivity contribution in [1.29, 1.82) is 0 Å². The first-order chi connectivity index (χ1) is 19.1. The highest BCUT2D eigenvalue weighted by atomic mass is 31.2. The summed E-state index contributed by atoms with van der Waals surface area (Å²) in [6.07, 6.45) is 0. The van der Waals surface area contributed by atoms with Gasteiger partial charge in [0.25, 0.3) is 0 Å². The van der Waals surface area contributed by atoms with Crippen molar-refractivity contribution < 1.29 is 8.96 Å². The Labute approximate surface area is 225 Å². The summed E-state index contributed by atoms with van der Waals surface area (Å²) in [6.45, 7) is 0. The Balaban J connectivity index is 1.70. The molecule has 0 fully saturated rings. The molecular formula is C35H23FNOP. The molecule has 0 aliphatic heterocycles. The molecule has 2 nitrogen and oxygen atoms in total. The molecule has 7 rings (SSSR count). The largest absolute Gasteiger partial charge is 0.309 e. The maximum absolute atomic E-state index is 15.6. The van der Waals surface area contributed by atoms with Crippen LogP contribution in [0.5, 0.6) is 0 Å². The number of para-hydroxylation sites is 1. The van der Waals surface area contributed by atoms with E-state index in [-0.39, 0.29) is 5.82 Å². The van der Waals surface area contributed by atoms with Crippen LogP contribution in [0, 0.1) is 5.82 Å². The molecule has 0 bridgehead atoms. The first kappa shape index (κ1) is 23.5. The van der Waals surface area contributed by atoms with Gasteiger partial charge in [0.15, 0.2) is 7.14 Å². The van der Waals surface area contributed by atoms with E-state index in [2.05, 4.69) is 24.3 Å². The van der Waals surface area contributed by atoms with Gasteiger partial charge < -0.3 is 4.57 Å². The maximum Gasteiger partial charge on any atom is 0.171 e. The number of halogens is 1. The fraction of sp³-hybridized carbons (Fsp3) is 0. The number of hydrogen-bond donors (Lipinski definition) is 0. The monoisotopic (exact) mass is 523 g/mol. The number of pyridine rings is 1. The normalized spacial score (nSPS) is 11.8. The lowest BCUT2D eigenvalue weighted by molar-refractivity contribution is 0.592. The third-order valence-corrected chi connectivity index (χ3v) is 10.5. The van der Waals surface area contributed by atoms with Gasteiger partial charge in [-0.2, -0.15) is 0 Å². The molecule has 0 radical (unpaired) electrons. The summed E-state index contributed by atoms with van der Waals surface area (Å²) in [5.41, 5.74) is 2.41. The van der Waals surface area contributed by atoms with Crippen molar-refractivity contribution in [1.82, 2.24) is 4.98 Å². The number of aromatic nitrogens is 1. The van der Waals surface area contributed by atoms with E-state index in [1.807, 2.05) is 91.0 Å². The van der Waals surface area contributed by atoms with Crippen LogP contribution in [0.4, 0.5) is 4.39 Å². The van der Waals surface area contributed by atoms with Gasteiger partial charge in [0.05, 0.1) is 11.2 Å². The topological polar surface area (TPSA) is 30.0 Å². The Morgan fingerprint density at radius 1 is 0.538 bits per heavy atom. The Morgan fingerprint density at radius 3 is 1.72 bits per heavy atom. The third kappa shape index (κ3) is 3.78. The zero-order chi connectivity index (χ0) is 26.4. The lowest BCUT2D eigenvalue weighted by Gasteiger charge is -2.23. The van der Waals surface area contributed by atoms with Gasteiger partial charge in [-0.3, -0.25) is 0 Å². The van der Waals surface area contributed by atoms with Crippen LogP contribution in [0.2, 0.25) is 0 Å². The van der Waals surface area contributed by atoms with Crippen molar-refractivity contribution in [2.45, 2.75) is 0 Å². The van der Waals surface area contributed by atoms with Gasteiger partial charge in [-0.05, 0) is 47.2 Å². The number of rotatable bonds is 4. The van der Waals surface area contributed by atoms with Crippen LogP contribution in [-0.2, 0) is 4.57 Å². The molecule has 4 heteroatoms. The van der Waals surface area contributed by atoms with E-state index in [0.29, 0.717) is 0 Å². The van der Waals surface area contributed by atoms with Gasteiger partial charge in [0.2, 0.25) is 0 Å². The summed E-state index contributed by atoms with van der Waals surface area (Å²) >= 11 is 0. The van der Waals surface area contributed by atoms with E-state index in [0.717, 1.165) is 59.6 Å². The molecule has 0 amide bonds. The van der Waals surface area contributed by atoms with Crippen molar-refractivity contribution >= 4 is 55.5 Å². The van der Waals surface area contributed by atoms with Crippen molar-refractivity contribution in [2.24, 2.45) is 0 Å². The maximum atomic E-state index is 15.6. The molecule has 186 valence electrons. The van der Waals surface area contributed by atoms with Gasteiger partial charge in [0, 0.05) is 37.6 Å². The molecule has 0 aliphatic carbocycles. The molecule has 0 spiro atoms. The molecule has 0 aliphatic rings. The Bertz CT molecular complexity index is 1990. The molecule has 0 atom stereocenters. The summed E-state index contributed by atoms with van der Waals surface area (Å²) in [5, 5.41) is 7.24.